The van der Waals surface area contributed by atoms with E-state index in [1.165, 1.54) is 70.6 Å². The molecule has 0 bridgehead atoms. The zero-order chi connectivity index (χ0) is 40.0. The summed E-state index contributed by atoms with van der Waals surface area (Å²) < 4.78 is 23.0. The Balaban J connectivity index is 0.690. The minimum absolute atomic E-state index is 0.256. The molecule has 0 aliphatic carbocycles. The molecular weight excluding hydrogens is 725 g/mol. The van der Waals surface area contributed by atoms with E-state index in [2.05, 4.69) is 46.2 Å². The number of unbranched alkanes of at least 4 members (excludes halogenated alkanes) is 14. The first-order chi connectivity index (χ1) is 28.6. The van der Waals surface area contributed by atoms with Gasteiger partial charge < -0.3 is 28.7 Å². The molecule has 0 unspecified atom stereocenters. The number of benzene rings is 4. The third-order valence-corrected chi connectivity index (χ3v) is 11.0. The Hall–Kier alpha value is -5.24. The van der Waals surface area contributed by atoms with Gasteiger partial charge >= 0.3 is 11.9 Å². The van der Waals surface area contributed by atoms with Gasteiger partial charge in [0.2, 0.25) is 0 Å². The summed E-state index contributed by atoms with van der Waals surface area (Å²) in [5.41, 5.74) is 5.38. The summed E-state index contributed by atoms with van der Waals surface area (Å²) in [6, 6.07) is 31.5. The maximum Gasteiger partial charge on any atom is 0.338 e. The average molecular weight is 787 g/mol. The van der Waals surface area contributed by atoms with Gasteiger partial charge in [-0.3, -0.25) is 0 Å². The monoisotopic (exact) mass is 786 g/mol. The van der Waals surface area contributed by atoms with Crippen molar-refractivity contribution in [3.8, 4) is 11.5 Å². The van der Waals surface area contributed by atoms with Crippen LogP contribution in [0.5, 0.6) is 11.5 Å². The van der Waals surface area contributed by atoms with Gasteiger partial charge in [0.05, 0.1) is 24.3 Å². The molecule has 0 aromatic heterocycles. The maximum absolute atomic E-state index is 12.7. The molecule has 0 fully saturated rings. The third kappa shape index (κ3) is 13.7. The molecule has 2 aliphatic heterocycles. The fourth-order valence-corrected chi connectivity index (χ4v) is 7.58. The standard InChI is InChI=1S/C50H62N2O6/c53-49(41-29-31-47-43(35-41)37-51(39-57-47)45-25-19-17-20-26-45)55-33-23-15-13-11-9-7-5-3-1-2-4-6-8-10-12-14-16-24-34-56-50(54)42-30-32-48-44(36-42)38-52(40-58-48)46-27-21-18-22-28-46/h3,5,17-22,25-32,35-36H,1-2,4,6-16,23-24,33-34,37-40H2/b5-3+. The van der Waals surface area contributed by atoms with Gasteiger partial charge in [0, 0.05) is 35.6 Å². The molecule has 0 saturated carbocycles. The van der Waals surface area contributed by atoms with E-state index in [0.29, 0.717) is 50.9 Å². The third-order valence-electron chi connectivity index (χ3n) is 11.0. The summed E-state index contributed by atoms with van der Waals surface area (Å²) in [5, 5.41) is 0. The van der Waals surface area contributed by atoms with Crippen molar-refractivity contribution >= 4 is 23.3 Å². The van der Waals surface area contributed by atoms with Crippen molar-refractivity contribution in [2.45, 2.75) is 116 Å². The van der Waals surface area contributed by atoms with Gasteiger partial charge in [0.1, 0.15) is 11.5 Å². The second kappa shape index (κ2) is 23.9. The number of hydrogen-bond acceptors (Lipinski definition) is 8. The molecule has 308 valence electrons. The molecule has 4 aromatic rings. The van der Waals surface area contributed by atoms with Crippen molar-refractivity contribution < 1.29 is 28.5 Å². The lowest BCUT2D eigenvalue weighted by Gasteiger charge is -2.30. The van der Waals surface area contributed by atoms with Gasteiger partial charge in [-0.15, -0.1) is 0 Å². The van der Waals surface area contributed by atoms with Crippen LogP contribution in [0.15, 0.2) is 109 Å². The average Bonchev–Trinajstić information content (AvgIpc) is 3.27. The van der Waals surface area contributed by atoms with E-state index >= 15 is 0 Å². The van der Waals surface area contributed by atoms with Crippen LogP contribution in [0.25, 0.3) is 0 Å². The number of allylic oxidation sites excluding steroid dienone is 2. The largest absolute Gasteiger partial charge is 0.473 e. The topological polar surface area (TPSA) is 77.5 Å². The van der Waals surface area contributed by atoms with Crippen LogP contribution in [-0.4, -0.2) is 38.6 Å². The number of anilines is 2. The lowest BCUT2D eigenvalue weighted by molar-refractivity contribution is 0.0488. The first-order valence-electron chi connectivity index (χ1n) is 21.7. The first-order valence-corrected chi connectivity index (χ1v) is 21.7. The highest BCUT2D eigenvalue weighted by molar-refractivity contribution is 5.90. The number of carbonyl (C=O) groups is 2. The van der Waals surface area contributed by atoms with Crippen LogP contribution in [0.2, 0.25) is 0 Å². The fraction of sp³-hybridized carbons (Fsp3) is 0.440. The van der Waals surface area contributed by atoms with E-state index in [4.69, 9.17) is 18.9 Å². The minimum Gasteiger partial charge on any atom is -0.473 e. The molecule has 0 amide bonds. The number of esters is 2. The van der Waals surface area contributed by atoms with E-state index in [1.807, 2.05) is 60.7 Å². The SMILES string of the molecule is O=C(OCCCCCCC/C=C/CCCCCCCCCCCOC(=O)c1ccc2c(c1)CN(c1ccccc1)CO2)c1ccc2c(c1)CN(c1ccccc1)CO2. The Morgan fingerprint density at radius 1 is 0.483 bits per heavy atom. The van der Waals surface area contributed by atoms with Crippen molar-refractivity contribution in [2.24, 2.45) is 0 Å². The molecule has 6 rings (SSSR count). The molecule has 0 radical (unpaired) electrons. The molecule has 4 aromatic carbocycles. The van der Waals surface area contributed by atoms with Crippen molar-refractivity contribution in [3.63, 3.8) is 0 Å². The molecule has 2 heterocycles. The van der Waals surface area contributed by atoms with E-state index in [0.717, 1.165) is 66.1 Å². The Morgan fingerprint density at radius 3 is 1.28 bits per heavy atom. The van der Waals surface area contributed by atoms with E-state index in [-0.39, 0.29) is 11.9 Å². The number of hydrogen-bond donors (Lipinski definition) is 0. The summed E-state index contributed by atoms with van der Waals surface area (Å²) in [6.07, 6.45) is 23.6. The van der Waals surface area contributed by atoms with Gasteiger partial charge in [-0.2, -0.15) is 0 Å². The summed E-state index contributed by atoms with van der Waals surface area (Å²) in [5.74, 6) is 1.15. The second-order valence-electron chi connectivity index (χ2n) is 15.5. The quantitative estimate of drug-likeness (QED) is 0.0395. The Morgan fingerprint density at radius 2 is 0.862 bits per heavy atom. The minimum atomic E-state index is -0.260. The number of para-hydroxylation sites is 2. The summed E-state index contributed by atoms with van der Waals surface area (Å²) in [4.78, 5) is 29.7. The molecule has 2 aliphatic rings. The lowest BCUT2D eigenvalue weighted by Crippen LogP contribution is -2.31. The second-order valence-corrected chi connectivity index (χ2v) is 15.5. The van der Waals surface area contributed by atoms with E-state index in [9.17, 15) is 9.59 Å². The molecule has 0 spiro atoms. The molecule has 0 saturated heterocycles. The number of nitrogens with zero attached hydrogens (tertiary/aromatic N) is 2. The normalized spacial score (nSPS) is 13.4. The highest BCUT2D eigenvalue weighted by Crippen LogP contribution is 2.31. The molecule has 8 nitrogen and oxygen atoms in total. The highest BCUT2D eigenvalue weighted by Gasteiger charge is 2.21. The van der Waals surface area contributed by atoms with Crippen LogP contribution in [-0.2, 0) is 22.6 Å². The maximum atomic E-state index is 12.7. The van der Waals surface area contributed by atoms with E-state index < -0.39 is 0 Å². The van der Waals surface area contributed by atoms with Crippen LogP contribution in [0, 0.1) is 0 Å². The van der Waals surface area contributed by atoms with Crippen molar-refractivity contribution in [3.05, 3.63) is 131 Å². The van der Waals surface area contributed by atoms with Gasteiger partial charge in [-0.05, 0) is 99.2 Å². The Bertz CT molecular complexity index is 1860. The highest BCUT2D eigenvalue weighted by atomic mass is 16.5. The summed E-state index contributed by atoms with van der Waals surface area (Å²) in [6.45, 7) is 3.34. The smallest absolute Gasteiger partial charge is 0.338 e. The van der Waals surface area contributed by atoms with Gasteiger partial charge in [0.15, 0.2) is 13.5 Å². The number of carbonyl (C=O) groups excluding carboxylic acids is 2. The number of rotatable bonds is 24. The van der Waals surface area contributed by atoms with E-state index in [1.54, 1.807) is 12.1 Å². The molecule has 0 atom stereocenters. The van der Waals surface area contributed by atoms with Crippen molar-refractivity contribution in [1.82, 2.24) is 0 Å². The molecule has 58 heavy (non-hydrogen) atoms. The molecular formula is C50H62N2O6. The number of ether oxygens (including phenoxy) is 4. The zero-order valence-corrected chi connectivity index (χ0v) is 34.3. The first kappa shape index (κ1) is 42.4. The van der Waals surface area contributed by atoms with Gasteiger partial charge in [-0.25, -0.2) is 9.59 Å². The summed E-state index contributed by atoms with van der Waals surface area (Å²) in [7, 11) is 0. The predicted molar refractivity (Wildman–Crippen MR) is 233 cm³/mol. The molecule has 8 heteroatoms. The summed E-state index contributed by atoms with van der Waals surface area (Å²) >= 11 is 0. The van der Waals surface area contributed by atoms with Gasteiger partial charge in [-0.1, -0.05) is 113 Å². The van der Waals surface area contributed by atoms with Crippen LogP contribution >= 0.6 is 0 Å². The van der Waals surface area contributed by atoms with Gasteiger partial charge in [0.25, 0.3) is 0 Å². The van der Waals surface area contributed by atoms with Crippen LogP contribution in [0.1, 0.15) is 135 Å². The number of fused-ring (bicyclic) bond motifs is 2. The Labute approximate surface area is 346 Å². The van der Waals surface area contributed by atoms with Crippen molar-refractivity contribution in [1.29, 1.82) is 0 Å². The Kier molecular flexibility index (Phi) is 17.4. The van der Waals surface area contributed by atoms with Crippen LogP contribution in [0.4, 0.5) is 11.4 Å². The fourth-order valence-electron chi connectivity index (χ4n) is 7.58. The predicted octanol–water partition coefficient (Wildman–Crippen LogP) is 12.2. The lowest BCUT2D eigenvalue weighted by atomic mass is 10.1. The van der Waals surface area contributed by atoms with Crippen LogP contribution in [0.3, 0.4) is 0 Å². The van der Waals surface area contributed by atoms with Crippen molar-refractivity contribution in [2.75, 3.05) is 36.5 Å². The van der Waals surface area contributed by atoms with Crippen LogP contribution < -0.4 is 19.3 Å². The molecule has 0 N–H and O–H groups in total. The zero-order valence-electron chi connectivity index (χ0n) is 34.3.